The molecule has 11 heteroatoms. The van der Waals surface area contributed by atoms with Crippen molar-refractivity contribution in [1.29, 1.82) is 0 Å². The predicted molar refractivity (Wildman–Crippen MR) is 91.5 cm³/mol. The Bertz CT molecular complexity index is 938. The van der Waals surface area contributed by atoms with Crippen LogP contribution in [-0.2, 0) is 6.18 Å². The van der Waals surface area contributed by atoms with Gasteiger partial charge in [0.15, 0.2) is 0 Å². The average Bonchev–Trinajstić information content (AvgIpc) is 2.97. The third kappa shape index (κ3) is 4.34. The summed E-state index contributed by atoms with van der Waals surface area (Å²) in [6.45, 7) is -1.18. The van der Waals surface area contributed by atoms with Gasteiger partial charge < -0.3 is 15.0 Å². The molecule has 3 rings (SSSR count). The van der Waals surface area contributed by atoms with Crippen molar-refractivity contribution in [1.82, 2.24) is 4.98 Å². The highest BCUT2D eigenvalue weighted by atomic mass is 19.4. The van der Waals surface area contributed by atoms with Crippen LogP contribution in [-0.4, -0.2) is 41.6 Å². The average molecular weight is 426 g/mol. The number of anilines is 1. The lowest BCUT2D eigenvalue weighted by Crippen LogP contribution is -2.43. The molecule has 1 aliphatic heterocycles. The fourth-order valence-electron chi connectivity index (χ4n) is 3.86. The molecule has 1 aliphatic rings. The number of alkyl halides is 7. The van der Waals surface area contributed by atoms with Gasteiger partial charge in [-0.15, -0.1) is 0 Å². The van der Waals surface area contributed by atoms with E-state index in [2.05, 4.69) is 4.98 Å². The molecular formula is C18H17F7N2O2. The van der Waals surface area contributed by atoms with Gasteiger partial charge in [0.2, 0.25) is 5.56 Å². The highest BCUT2D eigenvalue weighted by Crippen LogP contribution is 2.42. The maximum absolute atomic E-state index is 14.0. The van der Waals surface area contributed by atoms with Gasteiger partial charge in [-0.1, -0.05) is 0 Å². The quantitative estimate of drug-likeness (QED) is 0.727. The van der Waals surface area contributed by atoms with Crippen molar-refractivity contribution in [3.8, 4) is 0 Å². The molecule has 0 radical (unpaired) electrons. The molecule has 0 saturated carbocycles. The molecule has 0 aliphatic carbocycles. The number of benzene rings is 1. The van der Waals surface area contributed by atoms with Crippen LogP contribution in [0.5, 0.6) is 0 Å². The van der Waals surface area contributed by atoms with Gasteiger partial charge in [0.05, 0.1) is 11.5 Å². The summed E-state index contributed by atoms with van der Waals surface area (Å²) >= 11 is 0. The second-order valence-corrected chi connectivity index (χ2v) is 6.99. The number of fused-ring (bicyclic) bond motifs is 1. The van der Waals surface area contributed by atoms with E-state index in [1.165, 1.54) is 6.07 Å². The highest BCUT2D eigenvalue weighted by molar-refractivity contribution is 5.86. The van der Waals surface area contributed by atoms with E-state index in [1.54, 1.807) is 0 Å². The largest absolute Gasteiger partial charge is 0.417 e. The minimum absolute atomic E-state index is 0.0209. The minimum atomic E-state index is -4.86. The van der Waals surface area contributed by atoms with Crippen LogP contribution in [0.1, 0.15) is 18.4 Å². The van der Waals surface area contributed by atoms with Gasteiger partial charge in [0, 0.05) is 48.3 Å². The Morgan fingerprint density at radius 1 is 1.17 bits per heavy atom. The van der Waals surface area contributed by atoms with Crippen molar-refractivity contribution in [2.75, 3.05) is 18.1 Å². The first-order valence-electron chi connectivity index (χ1n) is 8.74. The second kappa shape index (κ2) is 7.51. The Morgan fingerprint density at radius 2 is 1.86 bits per heavy atom. The van der Waals surface area contributed by atoms with E-state index in [0.29, 0.717) is 6.07 Å². The maximum atomic E-state index is 14.0. The van der Waals surface area contributed by atoms with Crippen molar-refractivity contribution in [2.45, 2.75) is 37.4 Å². The van der Waals surface area contributed by atoms with E-state index in [9.17, 15) is 35.5 Å². The molecule has 3 atom stereocenters. The first-order chi connectivity index (χ1) is 13.4. The Hall–Kier alpha value is -2.30. The summed E-state index contributed by atoms with van der Waals surface area (Å²) in [5.74, 6) is -2.04. The van der Waals surface area contributed by atoms with Gasteiger partial charge in [0.25, 0.3) is 0 Å². The van der Waals surface area contributed by atoms with E-state index in [0.717, 1.165) is 17.0 Å². The van der Waals surface area contributed by atoms with Gasteiger partial charge in [-0.2, -0.15) is 26.3 Å². The Kier molecular flexibility index (Phi) is 5.54. The Morgan fingerprint density at radius 3 is 2.45 bits per heavy atom. The summed E-state index contributed by atoms with van der Waals surface area (Å²) in [7, 11) is 0. The molecule has 1 fully saturated rings. The summed E-state index contributed by atoms with van der Waals surface area (Å²) in [4.78, 5) is 14.8. The molecule has 2 aromatic rings. The maximum Gasteiger partial charge on any atom is 0.417 e. The fraction of sp³-hybridized carbons (Fsp3) is 0.500. The number of aromatic nitrogens is 1. The summed E-state index contributed by atoms with van der Waals surface area (Å²) in [6, 6.07) is 2.40. The smallest absolute Gasteiger partial charge is 0.396 e. The van der Waals surface area contributed by atoms with Crippen molar-refractivity contribution in [3.05, 3.63) is 40.2 Å². The number of aliphatic hydroxyl groups excluding tert-OH is 1. The summed E-state index contributed by atoms with van der Waals surface area (Å²) in [5.41, 5.74) is -2.36. The number of nitrogens with one attached hydrogen (secondary N) is 1. The predicted octanol–water partition coefficient (Wildman–Crippen LogP) is 4.02. The summed E-state index contributed by atoms with van der Waals surface area (Å²) in [6.07, 6.45) is -12.3. The zero-order chi connectivity index (χ0) is 21.6. The third-order valence-electron chi connectivity index (χ3n) is 5.08. The van der Waals surface area contributed by atoms with Crippen LogP contribution in [0.25, 0.3) is 10.9 Å². The molecule has 4 nitrogen and oxygen atoms in total. The van der Waals surface area contributed by atoms with Crippen LogP contribution in [0.2, 0.25) is 0 Å². The van der Waals surface area contributed by atoms with Gasteiger partial charge in [-0.05, 0) is 24.6 Å². The number of hydrogen-bond acceptors (Lipinski definition) is 3. The number of aliphatic hydroxyl groups is 1. The first kappa shape index (κ1) is 21.4. The van der Waals surface area contributed by atoms with Crippen LogP contribution in [0.3, 0.4) is 0 Å². The normalized spacial score (nSPS) is 21.7. The van der Waals surface area contributed by atoms with Crippen LogP contribution in [0, 0.1) is 5.92 Å². The Labute approximate surface area is 159 Å². The number of H-pyrrole nitrogens is 1. The lowest BCUT2D eigenvalue weighted by atomic mass is 9.93. The van der Waals surface area contributed by atoms with Crippen LogP contribution in [0.15, 0.2) is 29.1 Å². The molecule has 160 valence electrons. The summed E-state index contributed by atoms with van der Waals surface area (Å²) < 4.78 is 94.3. The molecule has 0 amide bonds. The molecule has 0 bridgehead atoms. The summed E-state index contributed by atoms with van der Waals surface area (Å²) in [5, 5.41) is 8.60. The van der Waals surface area contributed by atoms with Gasteiger partial charge in [0.1, 0.15) is 6.17 Å². The lowest BCUT2D eigenvalue weighted by Gasteiger charge is -2.34. The number of rotatable bonds is 4. The topological polar surface area (TPSA) is 56.3 Å². The standard InChI is InChI=1S/C18H17F7N2O2/c19-9-5-15(12(3-4-28)17(20,21)22)27(8-9)10-1-2-14-11(6-10)13(18(23,24)25)7-16(29)26-14/h1-2,6-7,9,12,15,28H,3-5,8H2,(H,26,29)/t9-,12+,15+/m0/s1. The van der Waals surface area contributed by atoms with Gasteiger partial charge in [-0.25, -0.2) is 4.39 Å². The Balaban J connectivity index is 2.10. The molecule has 0 unspecified atom stereocenters. The third-order valence-corrected chi connectivity index (χ3v) is 5.08. The number of nitrogens with zero attached hydrogens (tertiary/aromatic N) is 1. The number of halogens is 7. The van der Waals surface area contributed by atoms with Crippen LogP contribution in [0.4, 0.5) is 36.4 Å². The molecule has 2 N–H and O–H groups in total. The van der Waals surface area contributed by atoms with E-state index in [1.807, 2.05) is 0 Å². The lowest BCUT2D eigenvalue weighted by molar-refractivity contribution is -0.183. The zero-order valence-electron chi connectivity index (χ0n) is 14.8. The van der Waals surface area contributed by atoms with E-state index in [4.69, 9.17) is 5.11 Å². The van der Waals surface area contributed by atoms with E-state index in [-0.39, 0.29) is 11.2 Å². The highest BCUT2D eigenvalue weighted by Gasteiger charge is 2.49. The van der Waals surface area contributed by atoms with Gasteiger partial charge in [-0.3, -0.25) is 4.79 Å². The molecule has 29 heavy (non-hydrogen) atoms. The van der Waals surface area contributed by atoms with E-state index >= 15 is 0 Å². The second-order valence-electron chi connectivity index (χ2n) is 6.99. The molecular weight excluding hydrogens is 409 g/mol. The fourth-order valence-corrected chi connectivity index (χ4v) is 3.86. The van der Waals surface area contributed by atoms with Crippen molar-refractivity contribution >= 4 is 16.6 Å². The minimum Gasteiger partial charge on any atom is -0.396 e. The molecule has 2 heterocycles. The molecule has 1 aromatic heterocycles. The van der Waals surface area contributed by atoms with Crippen molar-refractivity contribution in [2.24, 2.45) is 5.92 Å². The zero-order valence-corrected chi connectivity index (χ0v) is 14.8. The number of hydrogen-bond donors (Lipinski definition) is 2. The SMILES string of the molecule is O=c1cc(C(F)(F)F)c2cc(N3C[C@@H](F)C[C@@H]3[C@@H](CCO)C(F)(F)F)ccc2[nH]1. The van der Waals surface area contributed by atoms with Crippen LogP contribution < -0.4 is 10.5 Å². The first-order valence-corrected chi connectivity index (χ1v) is 8.74. The van der Waals surface area contributed by atoms with Crippen molar-refractivity contribution < 1.29 is 35.8 Å². The number of aromatic amines is 1. The molecule has 0 spiro atoms. The monoisotopic (exact) mass is 426 g/mol. The number of pyridine rings is 1. The molecule has 1 saturated heterocycles. The van der Waals surface area contributed by atoms with Crippen LogP contribution >= 0.6 is 0 Å². The van der Waals surface area contributed by atoms with Crippen molar-refractivity contribution in [3.63, 3.8) is 0 Å². The van der Waals surface area contributed by atoms with Gasteiger partial charge >= 0.3 is 12.4 Å². The molecule has 1 aromatic carbocycles. The van der Waals surface area contributed by atoms with E-state index < -0.39 is 73.0 Å².